The van der Waals surface area contributed by atoms with Gasteiger partial charge in [0.1, 0.15) is 5.54 Å². The van der Waals surface area contributed by atoms with E-state index >= 15 is 0 Å². The highest BCUT2D eigenvalue weighted by atomic mass is 16.2. The average molecular weight is 252 g/mol. The summed E-state index contributed by atoms with van der Waals surface area (Å²) in [5, 5.41) is 3.02. The molecule has 18 heavy (non-hydrogen) atoms. The number of unbranched alkanes of at least 4 members (excludes halogenated alkanes) is 1. The summed E-state index contributed by atoms with van der Waals surface area (Å²) < 4.78 is 0. The number of rotatable bonds is 3. The highest BCUT2D eigenvalue weighted by Gasteiger charge is 2.44. The molecule has 2 rings (SSSR count). The number of hydrogen-bond donors (Lipinski definition) is 1. The maximum atomic E-state index is 12.7. The standard InChI is InChI=1S/C14H24N2O2/c1-2-3-10-16-11-7-12(17)15-14(13(16)18)8-5-4-6-9-14/h2-11H2,1H3,(H,15,17). The molecule has 0 radical (unpaired) electrons. The molecule has 1 aliphatic heterocycles. The molecule has 2 amide bonds. The second-order valence-corrected chi connectivity index (χ2v) is 5.59. The van der Waals surface area contributed by atoms with Gasteiger partial charge in [0.25, 0.3) is 0 Å². The zero-order valence-electron chi connectivity index (χ0n) is 11.3. The molecule has 102 valence electrons. The highest BCUT2D eigenvalue weighted by molar-refractivity contribution is 5.93. The topological polar surface area (TPSA) is 49.4 Å². The van der Waals surface area contributed by atoms with Gasteiger partial charge in [-0.3, -0.25) is 9.59 Å². The number of carbonyl (C=O) groups is 2. The van der Waals surface area contributed by atoms with Crippen LogP contribution in [0.15, 0.2) is 0 Å². The van der Waals surface area contributed by atoms with Crippen LogP contribution in [0, 0.1) is 0 Å². The molecule has 2 aliphatic rings. The van der Waals surface area contributed by atoms with Gasteiger partial charge in [-0.15, -0.1) is 0 Å². The van der Waals surface area contributed by atoms with Gasteiger partial charge >= 0.3 is 0 Å². The van der Waals surface area contributed by atoms with Crippen LogP contribution in [0.1, 0.15) is 58.3 Å². The number of carbonyl (C=O) groups excluding carboxylic acids is 2. The van der Waals surface area contributed by atoms with E-state index in [0.29, 0.717) is 13.0 Å². The van der Waals surface area contributed by atoms with Crippen LogP contribution in [-0.4, -0.2) is 35.3 Å². The quantitative estimate of drug-likeness (QED) is 0.833. The molecule has 2 fully saturated rings. The molecule has 0 aromatic heterocycles. The lowest BCUT2D eigenvalue weighted by Gasteiger charge is -2.38. The predicted molar refractivity (Wildman–Crippen MR) is 70.1 cm³/mol. The molecule has 0 bridgehead atoms. The predicted octanol–water partition coefficient (Wildman–Crippen LogP) is 1.84. The van der Waals surface area contributed by atoms with Crippen LogP contribution in [0.25, 0.3) is 0 Å². The van der Waals surface area contributed by atoms with Crippen molar-refractivity contribution in [1.82, 2.24) is 10.2 Å². The van der Waals surface area contributed by atoms with Crippen molar-refractivity contribution >= 4 is 11.8 Å². The molecule has 0 aromatic rings. The monoisotopic (exact) mass is 252 g/mol. The van der Waals surface area contributed by atoms with Crippen molar-refractivity contribution < 1.29 is 9.59 Å². The van der Waals surface area contributed by atoms with Crippen LogP contribution >= 0.6 is 0 Å². The first-order chi connectivity index (χ1) is 8.68. The SMILES string of the molecule is CCCCN1CCC(=O)NC2(CCCCC2)C1=O. The van der Waals surface area contributed by atoms with Crippen molar-refractivity contribution in [2.24, 2.45) is 0 Å². The van der Waals surface area contributed by atoms with Crippen LogP contribution in [-0.2, 0) is 9.59 Å². The van der Waals surface area contributed by atoms with Crippen molar-refractivity contribution in [2.75, 3.05) is 13.1 Å². The fourth-order valence-electron chi connectivity index (χ4n) is 3.08. The third kappa shape index (κ3) is 2.68. The molecule has 1 N–H and O–H groups in total. The first kappa shape index (κ1) is 13.4. The third-order valence-corrected chi connectivity index (χ3v) is 4.17. The van der Waals surface area contributed by atoms with E-state index in [4.69, 9.17) is 0 Å². The number of nitrogens with one attached hydrogen (secondary N) is 1. The lowest BCUT2D eigenvalue weighted by Crippen LogP contribution is -2.58. The maximum Gasteiger partial charge on any atom is 0.248 e. The number of nitrogens with zero attached hydrogens (tertiary/aromatic N) is 1. The smallest absolute Gasteiger partial charge is 0.248 e. The van der Waals surface area contributed by atoms with E-state index in [-0.39, 0.29) is 11.8 Å². The van der Waals surface area contributed by atoms with Gasteiger partial charge in [-0.25, -0.2) is 0 Å². The van der Waals surface area contributed by atoms with Crippen LogP contribution in [0.5, 0.6) is 0 Å². The Balaban J connectivity index is 2.15. The Bertz CT molecular complexity index is 322. The van der Waals surface area contributed by atoms with Gasteiger partial charge < -0.3 is 10.2 Å². The van der Waals surface area contributed by atoms with Gasteiger partial charge in [-0.1, -0.05) is 32.6 Å². The Kier molecular flexibility index (Phi) is 4.25. The van der Waals surface area contributed by atoms with Gasteiger partial charge in [-0.05, 0) is 19.3 Å². The van der Waals surface area contributed by atoms with E-state index in [1.54, 1.807) is 0 Å². The molecule has 1 saturated heterocycles. The fraction of sp³-hybridized carbons (Fsp3) is 0.857. The Morgan fingerprint density at radius 3 is 2.61 bits per heavy atom. The van der Waals surface area contributed by atoms with E-state index in [1.165, 1.54) is 6.42 Å². The van der Waals surface area contributed by atoms with E-state index in [9.17, 15) is 9.59 Å². The molecule has 1 saturated carbocycles. The second-order valence-electron chi connectivity index (χ2n) is 5.59. The first-order valence-electron chi connectivity index (χ1n) is 7.28. The average Bonchev–Trinajstić information content (AvgIpc) is 2.48. The van der Waals surface area contributed by atoms with Gasteiger partial charge in [0.15, 0.2) is 0 Å². The minimum Gasteiger partial charge on any atom is -0.342 e. The third-order valence-electron chi connectivity index (χ3n) is 4.17. The van der Waals surface area contributed by atoms with Crippen molar-refractivity contribution in [2.45, 2.75) is 63.8 Å². The summed E-state index contributed by atoms with van der Waals surface area (Å²) in [7, 11) is 0. The zero-order valence-corrected chi connectivity index (χ0v) is 11.3. The molecule has 0 unspecified atom stereocenters. The molecular formula is C14H24N2O2. The molecule has 4 nitrogen and oxygen atoms in total. The molecular weight excluding hydrogens is 228 g/mol. The molecule has 1 spiro atoms. The largest absolute Gasteiger partial charge is 0.342 e. The van der Waals surface area contributed by atoms with Crippen molar-refractivity contribution in [1.29, 1.82) is 0 Å². The normalized spacial score (nSPS) is 23.9. The summed E-state index contributed by atoms with van der Waals surface area (Å²) >= 11 is 0. The molecule has 1 heterocycles. The molecule has 1 aliphatic carbocycles. The lowest BCUT2D eigenvalue weighted by atomic mass is 9.80. The van der Waals surface area contributed by atoms with Gasteiger partial charge in [-0.2, -0.15) is 0 Å². The summed E-state index contributed by atoms with van der Waals surface area (Å²) in [6.45, 7) is 3.51. The van der Waals surface area contributed by atoms with Gasteiger partial charge in [0.05, 0.1) is 0 Å². The Labute approximate surface area is 109 Å². The zero-order chi connectivity index (χ0) is 13.0. The first-order valence-corrected chi connectivity index (χ1v) is 7.28. The van der Waals surface area contributed by atoms with E-state index < -0.39 is 5.54 Å². The Hall–Kier alpha value is -1.06. The lowest BCUT2D eigenvalue weighted by molar-refractivity contribution is -0.140. The van der Waals surface area contributed by atoms with E-state index in [2.05, 4.69) is 12.2 Å². The summed E-state index contributed by atoms with van der Waals surface area (Å²) in [6.07, 6.45) is 7.48. The molecule has 0 atom stereocenters. The highest BCUT2D eigenvalue weighted by Crippen LogP contribution is 2.31. The van der Waals surface area contributed by atoms with Crippen molar-refractivity contribution in [3.63, 3.8) is 0 Å². The number of hydrogen-bond acceptors (Lipinski definition) is 2. The Morgan fingerprint density at radius 1 is 1.22 bits per heavy atom. The minimum absolute atomic E-state index is 0.0456. The Morgan fingerprint density at radius 2 is 1.94 bits per heavy atom. The summed E-state index contributed by atoms with van der Waals surface area (Å²) in [5.74, 6) is 0.214. The van der Waals surface area contributed by atoms with Crippen LogP contribution in [0.2, 0.25) is 0 Å². The summed E-state index contributed by atoms with van der Waals surface area (Å²) in [5.41, 5.74) is -0.570. The molecule has 4 heteroatoms. The van der Waals surface area contributed by atoms with Gasteiger partial charge in [0.2, 0.25) is 11.8 Å². The van der Waals surface area contributed by atoms with E-state index in [1.807, 2.05) is 4.90 Å². The van der Waals surface area contributed by atoms with Crippen LogP contribution < -0.4 is 5.32 Å². The van der Waals surface area contributed by atoms with Crippen molar-refractivity contribution in [3.05, 3.63) is 0 Å². The minimum atomic E-state index is -0.570. The van der Waals surface area contributed by atoms with E-state index in [0.717, 1.165) is 45.1 Å². The summed E-state index contributed by atoms with van der Waals surface area (Å²) in [6, 6.07) is 0. The fourth-order valence-corrected chi connectivity index (χ4v) is 3.08. The van der Waals surface area contributed by atoms with Gasteiger partial charge in [0, 0.05) is 19.5 Å². The molecule has 0 aromatic carbocycles. The van der Waals surface area contributed by atoms with Crippen molar-refractivity contribution in [3.8, 4) is 0 Å². The van der Waals surface area contributed by atoms with Crippen LogP contribution in [0.3, 0.4) is 0 Å². The number of amides is 2. The summed E-state index contributed by atoms with van der Waals surface area (Å²) in [4.78, 5) is 26.4. The second kappa shape index (κ2) is 5.72. The maximum absolute atomic E-state index is 12.7. The van der Waals surface area contributed by atoms with Crippen LogP contribution in [0.4, 0.5) is 0 Å².